The molecule has 0 bridgehead atoms. The SMILES string of the molecule is Cc1cc(C(=O)NC2(C(N)=S)CCCCCC2)sc1Br. The Hall–Kier alpha value is -0.460. The van der Waals surface area contributed by atoms with Gasteiger partial charge in [0.1, 0.15) is 0 Å². The van der Waals surface area contributed by atoms with Crippen molar-refractivity contribution in [2.24, 2.45) is 5.73 Å². The molecular formula is C14H19BrN2OS2. The second-order valence-electron chi connectivity index (χ2n) is 5.38. The molecule has 3 N–H and O–H groups in total. The Bertz CT molecular complexity index is 500. The number of nitrogens with two attached hydrogens (primary N) is 1. The van der Waals surface area contributed by atoms with E-state index in [0.29, 0.717) is 9.87 Å². The van der Waals surface area contributed by atoms with Gasteiger partial charge in [0.15, 0.2) is 0 Å². The second kappa shape index (κ2) is 6.54. The third-order valence-electron chi connectivity index (χ3n) is 3.86. The molecule has 2 rings (SSSR count). The van der Waals surface area contributed by atoms with Crippen LogP contribution in [0.25, 0.3) is 0 Å². The molecule has 0 atom stereocenters. The molecule has 0 unspecified atom stereocenters. The monoisotopic (exact) mass is 374 g/mol. The third kappa shape index (κ3) is 3.40. The molecule has 0 radical (unpaired) electrons. The first-order chi connectivity index (χ1) is 9.44. The van der Waals surface area contributed by atoms with E-state index in [9.17, 15) is 4.79 Å². The van der Waals surface area contributed by atoms with Gasteiger partial charge in [-0.3, -0.25) is 4.79 Å². The Morgan fingerprint density at radius 1 is 1.40 bits per heavy atom. The van der Waals surface area contributed by atoms with Crippen molar-refractivity contribution in [3.63, 3.8) is 0 Å². The van der Waals surface area contributed by atoms with Crippen LogP contribution in [-0.4, -0.2) is 16.4 Å². The first-order valence-electron chi connectivity index (χ1n) is 6.83. The molecule has 0 aliphatic heterocycles. The van der Waals surface area contributed by atoms with Crippen LogP contribution in [0.4, 0.5) is 0 Å². The molecule has 1 fully saturated rings. The van der Waals surface area contributed by atoms with Crippen LogP contribution in [0.2, 0.25) is 0 Å². The van der Waals surface area contributed by atoms with Crippen LogP contribution in [0.5, 0.6) is 0 Å². The lowest BCUT2D eigenvalue weighted by molar-refractivity contribution is 0.0921. The molecule has 20 heavy (non-hydrogen) atoms. The molecule has 1 heterocycles. The van der Waals surface area contributed by atoms with E-state index in [4.69, 9.17) is 18.0 Å². The fourth-order valence-electron chi connectivity index (χ4n) is 2.62. The van der Waals surface area contributed by atoms with Crippen LogP contribution in [0, 0.1) is 6.92 Å². The maximum Gasteiger partial charge on any atom is 0.262 e. The summed E-state index contributed by atoms with van der Waals surface area (Å²) in [5.41, 5.74) is 6.51. The lowest BCUT2D eigenvalue weighted by Gasteiger charge is -2.32. The van der Waals surface area contributed by atoms with E-state index in [-0.39, 0.29) is 5.91 Å². The fourth-order valence-corrected chi connectivity index (χ4v) is 4.30. The minimum Gasteiger partial charge on any atom is -0.391 e. The zero-order valence-corrected chi connectivity index (χ0v) is 14.7. The standard InChI is InChI=1S/C14H19BrN2OS2/c1-9-8-10(20-11(9)15)12(18)17-14(13(16)19)6-4-2-3-5-7-14/h8H,2-7H2,1H3,(H2,16,19)(H,17,18). The minimum absolute atomic E-state index is 0.0708. The number of thiophene rings is 1. The highest BCUT2D eigenvalue weighted by Crippen LogP contribution is 2.30. The molecule has 110 valence electrons. The Balaban J connectivity index is 2.19. The number of nitrogens with one attached hydrogen (secondary N) is 1. The summed E-state index contributed by atoms with van der Waals surface area (Å²) in [4.78, 5) is 13.6. The predicted molar refractivity (Wildman–Crippen MR) is 91.4 cm³/mol. The van der Waals surface area contributed by atoms with Crippen LogP contribution >= 0.6 is 39.5 Å². The van der Waals surface area contributed by atoms with E-state index in [2.05, 4.69) is 21.2 Å². The van der Waals surface area contributed by atoms with E-state index >= 15 is 0 Å². The lowest BCUT2D eigenvalue weighted by Crippen LogP contribution is -2.56. The third-order valence-corrected chi connectivity index (χ3v) is 6.39. The molecule has 1 aromatic rings. The maximum absolute atomic E-state index is 12.5. The minimum atomic E-state index is -0.507. The largest absolute Gasteiger partial charge is 0.391 e. The van der Waals surface area contributed by atoms with E-state index in [1.54, 1.807) is 0 Å². The molecule has 1 amide bonds. The Labute approximate surface area is 137 Å². The summed E-state index contributed by atoms with van der Waals surface area (Å²) in [5, 5.41) is 3.11. The van der Waals surface area contributed by atoms with E-state index in [0.717, 1.165) is 35.0 Å². The second-order valence-corrected chi connectivity index (χ2v) is 8.19. The average molecular weight is 375 g/mol. The van der Waals surface area contributed by atoms with Gasteiger partial charge < -0.3 is 11.1 Å². The fraction of sp³-hybridized carbons (Fsp3) is 0.571. The van der Waals surface area contributed by atoms with Crippen LogP contribution in [0.1, 0.15) is 53.8 Å². The van der Waals surface area contributed by atoms with Gasteiger partial charge in [-0.2, -0.15) is 0 Å². The zero-order valence-electron chi connectivity index (χ0n) is 11.5. The number of hydrogen-bond acceptors (Lipinski definition) is 3. The normalized spacial score (nSPS) is 18.3. The number of hydrogen-bond donors (Lipinski definition) is 2. The Morgan fingerprint density at radius 2 is 2.00 bits per heavy atom. The summed E-state index contributed by atoms with van der Waals surface area (Å²) in [6.07, 6.45) is 6.18. The average Bonchev–Trinajstić information content (AvgIpc) is 2.62. The van der Waals surface area contributed by atoms with Crippen molar-refractivity contribution >= 4 is 50.4 Å². The van der Waals surface area contributed by atoms with E-state index < -0.39 is 5.54 Å². The molecule has 0 saturated heterocycles. The van der Waals surface area contributed by atoms with Gasteiger partial charge in [-0.1, -0.05) is 37.9 Å². The summed E-state index contributed by atoms with van der Waals surface area (Å²) in [5.74, 6) is -0.0708. The van der Waals surface area contributed by atoms with Gasteiger partial charge in [-0.25, -0.2) is 0 Å². The summed E-state index contributed by atoms with van der Waals surface area (Å²) < 4.78 is 0.993. The molecule has 3 nitrogen and oxygen atoms in total. The number of rotatable bonds is 3. The number of carbonyl (C=O) groups is 1. The van der Waals surface area contributed by atoms with Crippen LogP contribution < -0.4 is 11.1 Å². The topological polar surface area (TPSA) is 55.1 Å². The summed E-state index contributed by atoms with van der Waals surface area (Å²) in [7, 11) is 0. The number of amides is 1. The number of carbonyl (C=O) groups excluding carboxylic acids is 1. The van der Waals surface area contributed by atoms with Gasteiger partial charge in [0.2, 0.25) is 0 Å². The summed E-state index contributed by atoms with van der Waals surface area (Å²) >= 11 is 10.1. The van der Waals surface area contributed by atoms with Crippen molar-refractivity contribution in [1.82, 2.24) is 5.32 Å². The number of halogens is 1. The molecular weight excluding hydrogens is 356 g/mol. The van der Waals surface area contributed by atoms with Crippen molar-refractivity contribution in [2.45, 2.75) is 51.0 Å². The van der Waals surface area contributed by atoms with Crippen molar-refractivity contribution in [3.8, 4) is 0 Å². The van der Waals surface area contributed by atoms with E-state index in [1.165, 1.54) is 24.2 Å². The van der Waals surface area contributed by atoms with Gasteiger partial charge in [0.05, 0.1) is 19.2 Å². The van der Waals surface area contributed by atoms with Gasteiger partial charge in [-0.05, 0) is 47.3 Å². The number of thiocarbonyl (C=S) groups is 1. The highest BCUT2D eigenvalue weighted by atomic mass is 79.9. The predicted octanol–water partition coefficient (Wildman–Crippen LogP) is 3.93. The quantitative estimate of drug-likeness (QED) is 0.622. The Kier molecular flexibility index (Phi) is 5.20. The molecule has 6 heteroatoms. The molecule has 1 aromatic heterocycles. The van der Waals surface area contributed by atoms with Crippen LogP contribution in [0.15, 0.2) is 9.85 Å². The molecule has 1 aliphatic rings. The zero-order chi connectivity index (χ0) is 14.8. The number of aryl methyl sites for hydroxylation is 1. The van der Waals surface area contributed by atoms with Gasteiger partial charge >= 0.3 is 0 Å². The van der Waals surface area contributed by atoms with Gasteiger partial charge in [0, 0.05) is 0 Å². The van der Waals surface area contributed by atoms with Crippen molar-refractivity contribution in [2.75, 3.05) is 0 Å². The van der Waals surface area contributed by atoms with Crippen molar-refractivity contribution in [1.29, 1.82) is 0 Å². The van der Waals surface area contributed by atoms with E-state index in [1.807, 2.05) is 13.0 Å². The summed E-state index contributed by atoms with van der Waals surface area (Å²) in [6, 6.07) is 1.90. The van der Waals surface area contributed by atoms with Crippen LogP contribution in [0.3, 0.4) is 0 Å². The van der Waals surface area contributed by atoms with Gasteiger partial charge in [-0.15, -0.1) is 11.3 Å². The molecule has 1 saturated carbocycles. The van der Waals surface area contributed by atoms with Crippen molar-refractivity contribution < 1.29 is 4.79 Å². The van der Waals surface area contributed by atoms with Crippen LogP contribution in [-0.2, 0) is 0 Å². The summed E-state index contributed by atoms with van der Waals surface area (Å²) in [6.45, 7) is 1.98. The van der Waals surface area contributed by atoms with Gasteiger partial charge in [0.25, 0.3) is 5.91 Å². The molecule has 1 aliphatic carbocycles. The first-order valence-corrected chi connectivity index (χ1v) is 8.85. The maximum atomic E-state index is 12.5. The lowest BCUT2D eigenvalue weighted by atomic mass is 9.90. The Morgan fingerprint density at radius 3 is 2.45 bits per heavy atom. The molecule has 0 spiro atoms. The van der Waals surface area contributed by atoms with Crippen molar-refractivity contribution in [3.05, 3.63) is 20.3 Å². The first kappa shape index (κ1) is 15.9. The highest BCUT2D eigenvalue weighted by Gasteiger charge is 2.36. The smallest absolute Gasteiger partial charge is 0.262 e. The highest BCUT2D eigenvalue weighted by molar-refractivity contribution is 9.11. The molecule has 0 aromatic carbocycles.